The second-order valence-electron chi connectivity index (χ2n) is 6.66. The van der Waals surface area contributed by atoms with Crippen LogP contribution in [0, 0.1) is 0 Å². The van der Waals surface area contributed by atoms with Gasteiger partial charge in [-0.15, -0.1) is 0 Å². The lowest BCUT2D eigenvalue weighted by atomic mass is 10.1. The molecule has 3 aromatic carbocycles. The van der Waals surface area contributed by atoms with Crippen molar-refractivity contribution in [1.29, 1.82) is 0 Å². The van der Waals surface area contributed by atoms with Crippen molar-refractivity contribution in [3.8, 4) is 0 Å². The van der Waals surface area contributed by atoms with Gasteiger partial charge in [0.15, 0.2) is 0 Å². The maximum absolute atomic E-state index is 12.7. The van der Waals surface area contributed by atoms with Crippen LogP contribution in [0.5, 0.6) is 0 Å². The number of carbonyl (C=O) groups excluding carboxylic acids is 1. The van der Waals surface area contributed by atoms with E-state index in [4.69, 9.17) is 0 Å². The summed E-state index contributed by atoms with van der Waals surface area (Å²) in [5, 5.41) is 4.99. The van der Waals surface area contributed by atoms with E-state index in [2.05, 4.69) is 5.32 Å². The predicted molar refractivity (Wildman–Crippen MR) is 110 cm³/mol. The molecule has 7 heteroatoms. The number of urea groups is 1. The van der Waals surface area contributed by atoms with Crippen molar-refractivity contribution in [2.45, 2.75) is 4.90 Å². The standard InChI is InChI=1S/C21H21N3O3S/c25-21(22-20-12-6-8-17-7-4-5-11-19(17)20)23-13-15-24(16-14-23)28(26,27)18-9-2-1-3-10-18/h1-12H,13-16H2,(H,22,25). The fourth-order valence-electron chi connectivity index (χ4n) is 3.40. The summed E-state index contributed by atoms with van der Waals surface area (Å²) >= 11 is 0. The largest absolute Gasteiger partial charge is 0.322 e. The lowest BCUT2D eigenvalue weighted by Crippen LogP contribution is -2.51. The summed E-state index contributed by atoms with van der Waals surface area (Å²) in [4.78, 5) is 14.6. The highest BCUT2D eigenvalue weighted by Crippen LogP contribution is 2.24. The number of hydrogen-bond donors (Lipinski definition) is 1. The number of rotatable bonds is 3. The third-order valence-corrected chi connectivity index (χ3v) is 6.85. The zero-order valence-electron chi connectivity index (χ0n) is 15.3. The van der Waals surface area contributed by atoms with E-state index in [-0.39, 0.29) is 24.0 Å². The molecular weight excluding hydrogens is 374 g/mol. The highest BCUT2D eigenvalue weighted by molar-refractivity contribution is 7.89. The van der Waals surface area contributed by atoms with Gasteiger partial charge in [0.25, 0.3) is 0 Å². The van der Waals surface area contributed by atoms with Gasteiger partial charge in [-0.2, -0.15) is 4.31 Å². The smallest absolute Gasteiger partial charge is 0.321 e. The number of carbonyl (C=O) groups is 1. The van der Waals surface area contributed by atoms with Crippen LogP contribution in [0.2, 0.25) is 0 Å². The number of anilines is 1. The molecule has 0 radical (unpaired) electrons. The second kappa shape index (κ2) is 7.61. The summed E-state index contributed by atoms with van der Waals surface area (Å²) in [7, 11) is -3.52. The van der Waals surface area contributed by atoms with E-state index in [0.717, 1.165) is 16.5 Å². The van der Waals surface area contributed by atoms with Crippen LogP contribution in [0.25, 0.3) is 10.8 Å². The maximum Gasteiger partial charge on any atom is 0.321 e. The Balaban J connectivity index is 1.43. The van der Waals surface area contributed by atoms with E-state index in [0.29, 0.717) is 13.1 Å². The average Bonchev–Trinajstić information content (AvgIpc) is 2.75. The monoisotopic (exact) mass is 395 g/mol. The summed E-state index contributed by atoms with van der Waals surface area (Å²) in [6.45, 7) is 1.26. The van der Waals surface area contributed by atoms with Gasteiger partial charge in [0, 0.05) is 31.6 Å². The van der Waals surface area contributed by atoms with Gasteiger partial charge in [0.1, 0.15) is 0 Å². The lowest BCUT2D eigenvalue weighted by Gasteiger charge is -2.34. The zero-order chi connectivity index (χ0) is 19.6. The van der Waals surface area contributed by atoms with Gasteiger partial charge in [-0.1, -0.05) is 54.6 Å². The van der Waals surface area contributed by atoms with E-state index < -0.39 is 10.0 Å². The Hall–Kier alpha value is -2.90. The number of piperazine rings is 1. The molecule has 2 amide bonds. The Labute approximate surface area is 164 Å². The van der Waals surface area contributed by atoms with E-state index >= 15 is 0 Å². The molecule has 0 saturated carbocycles. The molecule has 3 aromatic rings. The zero-order valence-corrected chi connectivity index (χ0v) is 16.1. The summed E-state index contributed by atoms with van der Waals surface area (Å²) in [5.74, 6) is 0. The Bertz CT molecular complexity index is 1090. The fourth-order valence-corrected chi connectivity index (χ4v) is 4.84. The number of nitrogens with zero attached hydrogens (tertiary/aromatic N) is 2. The summed E-state index contributed by atoms with van der Waals surface area (Å²) in [6.07, 6.45) is 0. The molecule has 0 aromatic heterocycles. The first-order valence-corrected chi connectivity index (χ1v) is 10.6. The number of sulfonamides is 1. The Kier molecular flexibility index (Phi) is 5.02. The minimum atomic E-state index is -3.52. The third kappa shape index (κ3) is 3.58. The van der Waals surface area contributed by atoms with Gasteiger partial charge >= 0.3 is 6.03 Å². The first-order chi connectivity index (χ1) is 13.6. The highest BCUT2D eigenvalue weighted by atomic mass is 32.2. The van der Waals surface area contributed by atoms with Gasteiger partial charge < -0.3 is 10.2 Å². The fraction of sp³-hybridized carbons (Fsp3) is 0.190. The van der Waals surface area contributed by atoms with Gasteiger partial charge in [-0.3, -0.25) is 0 Å². The topological polar surface area (TPSA) is 69.7 Å². The molecule has 144 valence electrons. The predicted octanol–water partition coefficient (Wildman–Crippen LogP) is 3.38. The van der Waals surface area contributed by atoms with Gasteiger partial charge in [-0.25, -0.2) is 13.2 Å². The second-order valence-corrected chi connectivity index (χ2v) is 8.60. The molecule has 1 heterocycles. The number of benzene rings is 3. The highest BCUT2D eigenvalue weighted by Gasteiger charge is 2.30. The van der Waals surface area contributed by atoms with Crippen molar-refractivity contribution >= 4 is 32.5 Å². The van der Waals surface area contributed by atoms with E-state index in [1.54, 1.807) is 35.2 Å². The quantitative estimate of drug-likeness (QED) is 0.739. The third-order valence-electron chi connectivity index (χ3n) is 4.94. The molecule has 6 nitrogen and oxygen atoms in total. The van der Waals surface area contributed by atoms with Crippen LogP contribution in [0.1, 0.15) is 0 Å². The molecule has 0 bridgehead atoms. The van der Waals surface area contributed by atoms with Crippen molar-refractivity contribution < 1.29 is 13.2 Å². The Morgan fingerprint density at radius 1 is 0.786 bits per heavy atom. The molecule has 1 aliphatic rings. The maximum atomic E-state index is 12.7. The molecule has 0 atom stereocenters. The van der Waals surface area contributed by atoms with E-state index in [9.17, 15) is 13.2 Å². The summed E-state index contributed by atoms with van der Waals surface area (Å²) < 4.78 is 26.9. The van der Waals surface area contributed by atoms with Crippen LogP contribution in [0.3, 0.4) is 0 Å². The molecule has 4 rings (SSSR count). The van der Waals surface area contributed by atoms with Crippen LogP contribution < -0.4 is 5.32 Å². The van der Waals surface area contributed by atoms with Crippen LogP contribution >= 0.6 is 0 Å². The van der Waals surface area contributed by atoms with Crippen LogP contribution in [0.15, 0.2) is 77.7 Å². The molecule has 1 N–H and O–H groups in total. The summed E-state index contributed by atoms with van der Waals surface area (Å²) in [5.41, 5.74) is 0.752. The van der Waals surface area contributed by atoms with E-state index in [1.807, 2.05) is 42.5 Å². The normalized spacial score (nSPS) is 15.5. The molecule has 0 aliphatic carbocycles. The molecule has 0 spiro atoms. The van der Waals surface area contributed by atoms with E-state index in [1.165, 1.54) is 4.31 Å². The molecular formula is C21H21N3O3S. The Morgan fingerprint density at radius 2 is 1.43 bits per heavy atom. The minimum Gasteiger partial charge on any atom is -0.322 e. The lowest BCUT2D eigenvalue weighted by molar-refractivity contribution is 0.184. The Morgan fingerprint density at radius 3 is 2.18 bits per heavy atom. The van der Waals surface area contributed by atoms with Crippen LogP contribution in [-0.2, 0) is 10.0 Å². The average molecular weight is 395 g/mol. The van der Waals surface area contributed by atoms with Crippen molar-refractivity contribution in [2.24, 2.45) is 0 Å². The van der Waals surface area contributed by atoms with Gasteiger partial charge in [-0.05, 0) is 23.6 Å². The molecule has 1 fully saturated rings. The van der Waals surface area contributed by atoms with Crippen molar-refractivity contribution in [1.82, 2.24) is 9.21 Å². The van der Waals surface area contributed by atoms with Crippen molar-refractivity contribution in [3.05, 3.63) is 72.8 Å². The number of amides is 2. The van der Waals surface area contributed by atoms with Crippen LogP contribution in [0.4, 0.5) is 10.5 Å². The molecule has 1 aliphatic heterocycles. The number of nitrogens with one attached hydrogen (secondary N) is 1. The minimum absolute atomic E-state index is 0.215. The SMILES string of the molecule is O=C(Nc1cccc2ccccc12)N1CCN(S(=O)(=O)c2ccccc2)CC1. The number of fused-ring (bicyclic) bond motifs is 1. The summed E-state index contributed by atoms with van der Waals surface area (Å²) in [6, 6.07) is 21.8. The van der Waals surface area contributed by atoms with Crippen molar-refractivity contribution in [3.63, 3.8) is 0 Å². The van der Waals surface area contributed by atoms with Crippen LogP contribution in [-0.4, -0.2) is 49.8 Å². The van der Waals surface area contributed by atoms with Gasteiger partial charge in [0.05, 0.1) is 10.6 Å². The first-order valence-electron chi connectivity index (χ1n) is 9.14. The molecule has 28 heavy (non-hydrogen) atoms. The number of hydrogen-bond acceptors (Lipinski definition) is 3. The van der Waals surface area contributed by atoms with Gasteiger partial charge in [0.2, 0.25) is 10.0 Å². The van der Waals surface area contributed by atoms with Crippen molar-refractivity contribution in [2.75, 3.05) is 31.5 Å². The molecule has 1 saturated heterocycles. The first kappa shape index (κ1) is 18.5. The molecule has 0 unspecified atom stereocenters.